The van der Waals surface area contributed by atoms with Crippen LogP contribution < -0.4 is 10.6 Å². The third-order valence-corrected chi connectivity index (χ3v) is 8.45. The average molecular weight is 534 g/mol. The second-order valence-electron chi connectivity index (χ2n) is 7.66. The minimum atomic E-state index is -5.98. The maximum absolute atomic E-state index is 13.1. The Morgan fingerprint density at radius 3 is 2.15 bits per heavy atom. The monoisotopic (exact) mass is 533 g/mol. The van der Waals surface area contributed by atoms with E-state index in [2.05, 4.69) is 10.2 Å². The van der Waals surface area contributed by atoms with Crippen LogP contribution in [0.25, 0.3) is 0 Å². The van der Waals surface area contributed by atoms with Gasteiger partial charge in [0.15, 0.2) is 0 Å². The van der Waals surface area contributed by atoms with Crippen LogP contribution in [0.15, 0.2) is 28.6 Å². The molecule has 1 aliphatic heterocycles. The van der Waals surface area contributed by atoms with E-state index in [1.165, 1.54) is 4.31 Å². The molecule has 1 aromatic heterocycles. The molecule has 16 heteroatoms. The van der Waals surface area contributed by atoms with Crippen LogP contribution in [-0.2, 0) is 15.6 Å². The lowest BCUT2D eigenvalue weighted by molar-refractivity contribution is -0.376. The van der Waals surface area contributed by atoms with Crippen molar-refractivity contribution in [2.45, 2.75) is 48.1 Å². The number of piperazine rings is 1. The molecule has 8 nitrogen and oxygen atoms in total. The summed E-state index contributed by atoms with van der Waals surface area (Å²) in [4.78, 5) is 1.72. The van der Waals surface area contributed by atoms with Crippen LogP contribution in [0.3, 0.4) is 0 Å². The number of rotatable bonds is 6. The second kappa shape index (κ2) is 9.13. The van der Waals surface area contributed by atoms with Crippen molar-refractivity contribution in [1.82, 2.24) is 14.5 Å². The Hall–Kier alpha value is -2.17. The van der Waals surface area contributed by atoms with Crippen molar-refractivity contribution in [3.8, 4) is 0 Å². The highest BCUT2D eigenvalue weighted by molar-refractivity contribution is 7.91. The number of hydrogen-bond acceptors (Lipinski definition) is 8. The van der Waals surface area contributed by atoms with Gasteiger partial charge in [-0.25, -0.2) is 8.42 Å². The van der Waals surface area contributed by atoms with Crippen molar-refractivity contribution in [2.75, 3.05) is 30.3 Å². The first-order chi connectivity index (χ1) is 15.6. The molecule has 190 valence electrons. The number of anilines is 2. The van der Waals surface area contributed by atoms with Crippen LogP contribution >= 0.6 is 11.3 Å². The van der Waals surface area contributed by atoms with Crippen molar-refractivity contribution in [3.05, 3.63) is 29.8 Å². The number of aliphatic hydroxyl groups is 1. The van der Waals surface area contributed by atoms with Gasteiger partial charge in [-0.1, -0.05) is 36.8 Å². The van der Waals surface area contributed by atoms with Gasteiger partial charge in [0, 0.05) is 36.9 Å². The summed E-state index contributed by atoms with van der Waals surface area (Å²) in [5.41, 5.74) is -0.612. The average Bonchev–Trinajstić information content (AvgIpc) is 3.19. The summed E-state index contributed by atoms with van der Waals surface area (Å²) >= 11 is 0.713. The first-order valence-electron chi connectivity index (χ1n) is 9.95. The van der Waals surface area contributed by atoms with Gasteiger partial charge < -0.3 is 15.7 Å². The fraction of sp³-hybridized carbons (Fsp3) is 0.556. The molecular formula is C18H21F6N5O3S2. The Morgan fingerprint density at radius 1 is 1.09 bits per heavy atom. The van der Waals surface area contributed by atoms with Crippen molar-refractivity contribution in [1.29, 1.82) is 0 Å². The van der Waals surface area contributed by atoms with Crippen molar-refractivity contribution < 1.29 is 39.9 Å². The number of benzene rings is 1. The minimum Gasteiger partial charge on any atom is -0.374 e. The highest BCUT2D eigenvalue weighted by Crippen LogP contribution is 2.50. The highest BCUT2D eigenvalue weighted by Gasteiger charge is 2.71. The molecule has 1 atom stereocenters. The number of nitrogens with two attached hydrogens (primary N) is 1. The smallest absolute Gasteiger partial charge is 0.374 e. The number of nitrogens with zero attached hydrogens (tertiary/aromatic N) is 4. The van der Waals surface area contributed by atoms with Crippen LogP contribution in [0.4, 0.5) is 37.2 Å². The lowest BCUT2D eigenvalue weighted by atomic mass is 9.92. The molecule has 3 N–H and O–H groups in total. The Balaban J connectivity index is 1.87. The molecule has 0 radical (unpaired) electrons. The van der Waals surface area contributed by atoms with Crippen LogP contribution in [0.1, 0.15) is 25.3 Å². The number of alkyl halides is 6. The molecule has 2 aromatic rings. The lowest BCUT2D eigenvalue weighted by Crippen LogP contribution is -2.55. The second-order valence-corrected chi connectivity index (χ2v) is 10.8. The molecule has 34 heavy (non-hydrogen) atoms. The molecule has 3 rings (SSSR count). The zero-order chi connectivity index (χ0) is 25.5. The van der Waals surface area contributed by atoms with Crippen molar-refractivity contribution >= 4 is 32.2 Å². The van der Waals surface area contributed by atoms with Crippen LogP contribution in [0, 0.1) is 0 Å². The van der Waals surface area contributed by atoms with Crippen LogP contribution in [-0.4, -0.2) is 66.1 Å². The molecule has 1 saturated heterocycles. The number of sulfonamides is 1. The third-order valence-electron chi connectivity index (χ3n) is 5.49. The molecule has 0 bridgehead atoms. The van der Waals surface area contributed by atoms with Crippen LogP contribution in [0.5, 0.6) is 0 Å². The summed E-state index contributed by atoms with van der Waals surface area (Å²) in [6.07, 6.45) is -10.8. The van der Waals surface area contributed by atoms with Gasteiger partial charge in [0.25, 0.3) is 15.6 Å². The van der Waals surface area contributed by atoms with Gasteiger partial charge in [-0.2, -0.15) is 30.6 Å². The summed E-state index contributed by atoms with van der Waals surface area (Å²) in [6.45, 7) is 2.00. The molecule has 2 heterocycles. The third kappa shape index (κ3) is 4.67. The Morgan fingerprint density at radius 2 is 1.68 bits per heavy atom. The van der Waals surface area contributed by atoms with E-state index in [4.69, 9.17) is 5.73 Å². The Bertz CT molecular complexity index is 1090. The fourth-order valence-electron chi connectivity index (χ4n) is 3.78. The molecule has 1 aromatic carbocycles. The molecule has 1 fully saturated rings. The van der Waals surface area contributed by atoms with Gasteiger partial charge in [0.1, 0.15) is 0 Å². The van der Waals surface area contributed by atoms with E-state index >= 15 is 0 Å². The van der Waals surface area contributed by atoms with Gasteiger partial charge in [0.2, 0.25) is 9.47 Å². The molecule has 0 spiro atoms. The van der Waals surface area contributed by atoms with Crippen LogP contribution in [0.2, 0.25) is 0 Å². The SMILES string of the molecule is CCC[C@H]1CN(S(=O)(=O)c2nnc(N)s2)CCN1c1ccc(C(O)(C(F)(F)F)C(F)(F)F)cc1. The Labute approximate surface area is 195 Å². The van der Waals surface area contributed by atoms with Gasteiger partial charge in [0.05, 0.1) is 0 Å². The predicted molar refractivity (Wildman–Crippen MR) is 112 cm³/mol. The topological polar surface area (TPSA) is 113 Å². The lowest BCUT2D eigenvalue weighted by Gasteiger charge is -2.42. The molecule has 0 unspecified atom stereocenters. The summed E-state index contributed by atoms with van der Waals surface area (Å²) in [5, 5.41) is 16.6. The first-order valence-corrected chi connectivity index (χ1v) is 12.2. The quantitative estimate of drug-likeness (QED) is 0.549. The zero-order valence-corrected chi connectivity index (χ0v) is 19.3. The maximum atomic E-state index is 13.1. The van der Waals surface area contributed by atoms with E-state index < -0.39 is 39.6 Å². The van der Waals surface area contributed by atoms with E-state index in [1.54, 1.807) is 4.90 Å². The van der Waals surface area contributed by atoms with Gasteiger partial charge in [-0.15, -0.1) is 10.2 Å². The van der Waals surface area contributed by atoms with Gasteiger partial charge in [-0.3, -0.25) is 0 Å². The fourth-order valence-corrected chi connectivity index (χ4v) is 6.17. The van der Waals surface area contributed by atoms with E-state index in [0.29, 0.717) is 42.0 Å². The first kappa shape index (κ1) is 26.4. The largest absolute Gasteiger partial charge is 0.430 e. The van der Waals surface area contributed by atoms with E-state index in [1.807, 2.05) is 6.92 Å². The minimum absolute atomic E-state index is 0.00117. The number of nitrogen functional groups attached to an aromatic ring is 1. The highest BCUT2D eigenvalue weighted by atomic mass is 32.2. The Kier molecular flexibility index (Phi) is 7.09. The summed E-state index contributed by atoms with van der Waals surface area (Å²) in [7, 11) is -3.97. The van der Waals surface area contributed by atoms with E-state index in [-0.39, 0.29) is 29.1 Å². The molecule has 1 aliphatic rings. The standard InChI is InChI=1S/C18H21F6N5O3S2/c1-2-3-13-10-28(34(31,32)15-27-26-14(25)33-15)8-9-29(13)12-6-4-11(5-7-12)16(30,17(19,20)21)18(22,23)24/h4-7,13,30H,2-3,8-10H2,1H3,(H2,25,26)/t13-/m0/s1. The summed E-state index contributed by atoms with van der Waals surface area (Å²) in [5.74, 6) is 0. The zero-order valence-electron chi connectivity index (χ0n) is 17.6. The van der Waals surface area contributed by atoms with Crippen molar-refractivity contribution in [2.24, 2.45) is 0 Å². The molecule has 0 saturated carbocycles. The van der Waals surface area contributed by atoms with E-state index in [9.17, 15) is 39.9 Å². The van der Waals surface area contributed by atoms with Gasteiger partial charge in [-0.05, 0) is 18.6 Å². The van der Waals surface area contributed by atoms with E-state index in [0.717, 1.165) is 12.1 Å². The number of hydrogen-bond donors (Lipinski definition) is 2. The van der Waals surface area contributed by atoms with Gasteiger partial charge >= 0.3 is 12.4 Å². The summed E-state index contributed by atoms with van der Waals surface area (Å²) < 4.78 is 105. The molecule has 0 amide bonds. The summed E-state index contributed by atoms with van der Waals surface area (Å²) in [6, 6.07) is 2.85. The predicted octanol–water partition coefficient (Wildman–Crippen LogP) is 3.11. The normalized spacial score (nSPS) is 18.9. The number of aromatic nitrogens is 2. The number of halogens is 6. The molecular weight excluding hydrogens is 512 g/mol. The maximum Gasteiger partial charge on any atom is 0.430 e. The molecule has 0 aliphatic carbocycles. The van der Waals surface area contributed by atoms with Crippen molar-refractivity contribution in [3.63, 3.8) is 0 Å².